The smallest absolute Gasteiger partial charge is 0.0753 e. The van der Waals surface area contributed by atoms with Gasteiger partial charge in [0.15, 0.2) is 0 Å². The van der Waals surface area contributed by atoms with Crippen LogP contribution in [-0.2, 0) is 12.8 Å². The first kappa shape index (κ1) is 9.93. The Morgan fingerprint density at radius 3 is 1.75 bits per heavy atom. The van der Waals surface area contributed by atoms with E-state index in [1.165, 1.54) is 0 Å². The number of β-amino-alcohol motifs (C(OH)–C–C–N with tert-alkyl or cyclic N) is 2. The number of aliphatic hydroxyl groups excluding tert-OH is 2. The Morgan fingerprint density at radius 2 is 1.31 bits per heavy atom. The zero-order valence-electron chi connectivity index (χ0n) is 9.03. The second-order valence-electron chi connectivity index (χ2n) is 4.61. The lowest BCUT2D eigenvalue weighted by Gasteiger charge is -2.30. The lowest BCUT2D eigenvalue weighted by atomic mass is 9.93. The molecule has 4 N–H and O–H groups in total. The molecule has 4 heteroatoms. The lowest BCUT2D eigenvalue weighted by molar-refractivity contribution is 0.182. The molecular weight excluding hydrogens is 204 g/mol. The van der Waals surface area contributed by atoms with Gasteiger partial charge in [-0.1, -0.05) is 12.1 Å². The van der Waals surface area contributed by atoms with Crippen LogP contribution in [-0.4, -0.2) is 35.5 Å². The van der Waals surface area contributed by atoms with E-state index in [1.54, 1.807) is 0 Å². The maximum Gasteiger partial charge on any atom is 0.0753 e. The van der Waals surface area contributed by atoms with Gasteiger partial charge in [0, 0.05) is 25.9 Å². The molecule has 0 bridgehead atoms. The Labute approximate surface area is 94.3 Å². The first-order chi connectivity index (χ1) is 7.74. The number of hydrogen-bond acceptors (Lipinski definition) is 4. The highest BCUT2D eigenvalue weighted by molar-refractivity contribution is 5.78. The molecule has 86 valence electrons. The van der Waals surface area contributed by atoms with E-state index in [0.29, 0.717) is 25.9 Å². The summed E-state index contributed by atoms with van der Waals surface area (Å²) >= 11 is 0. The van der Waals surface area contributed by atoms with Gasteiger partial charge in [0.05, 0.1) is 23.6 Å². The van der Waals surface area contributed by atoms with Crippen molar-refractivity contribution in [3.8, 4) is 0 Å². The van der Waals surface area contributed by atoms with E-state index in [2.05, 4.69) is 10.6 Å². The van der Waals surface area contributed by atoms with Crippen LogP contribution in [0.3, 0.4) is 0 Å². The van der Waals surface area contributed by atoms with Crippen molar-refractivity contribution in [3.63, 3.8) is 0 Å². The van der Waals surface area contributed by atoms with Crippen molar-refractivity contribution in [1.29, 1.82) is 0 Å². The highest BCUT2D eigenvalue weighted by atomic mass is 16.3. The van der Waals surface area contributed by atoms with Crippen LogP contribution in [0.1, 0.15) is 11.1 Å². The van der Waals surface area contributed by atoms with E-state index in [4.69, 9.17) is 0 Å². The molecule has 2 heterocycles. The molecule has 0 aliphatic carbocycles. The number of benzene rings is 1. The van der Waals surface area contributed by atoms with E-state index in [1.807, 2.05) is 12.1 Å². The molecule has 4 nitrogen and oxygen atoms in total. The van der Waals surface area contributed by atoms with E-state index >= 15 is 0 Å². The Morgan fingerprint density at radius 1 is 0.875 bits per heavy atom. The molecule has 1 aromatic rings. The number of fused-ring (bicyclic) bond motifs is 3. The molecule has 1 aromatic carbocycles. The normalized spacial score (nSPS) is 27.4. The summed E-state index contributed by atoms with van der Waals surface area (Å²) < 4.78 is 0. The minimum Gasteiger partial charge on any atom is -0.391 e. The van der Waals surface area contributed by atoms with Crippen molar-refractivity contribution >= 4 is 11.4 Å². The number of nitrogens with one attached hydrogen (secondary N) is 2. The Kier molecular flexibility index (Phi) is 2.26. The van der Waals surface area contributed by atoms with Crippen LogP contribution < -0.4 is 10.6 Å². The highest BCUT2D eigenvalue weighted by Crippen LogP contribution is 2.35. The van der Waals surface area contributed by atoms with Crippen molar-refractivity contribution in [3.05, 3.63) is 23.3 Å². The van der Waals surface area contributed by atoms with Crippen molar-refractivity contribution in [1.82, 2.24) is 0 Å². The average Bonchev–Trinajstić information content (AvgIpc) is 2.28. The second kappa shape index (κ2) is 3.64. The molecular formula is C12H16N2O2. The van der Waals surface area contributed by atoms with Gasteiger partial charge in [-0.15, -0.1) is 0 Å². The van der Waals surface area contributed by atoms with Crippen LogP contribution in [0, 0.1) is 0 Å². The number of aliphatic hydroxyl groups is 2. The molecule has 2 atom stereocenters. The van der Waals surface area contributed by atoms with Crippen molar-refractivity contribution in [2.75, 3.05) is 23.7 Å². The fourth-order valence-corrected chi connectivity index (χ4v) is 2.52. The molecule has 2 aliphatic heterocycles. The minimum absolute atomic E-state index is 0.292. The van der Waals surface area contributed by atoms with Crippen LogP contribution in [0.5, 0.6) is 0 Å². The van der Waals surface area contributed by atoms with Gasteiger partial charge in [-0.25, -0.2) is 0 Å². The van der Waals surface area contributed by atoms with Crippen molar-refractivity contribution in [2.45, 2.75) is 25.0 Å². The maximum atomic E-state index is 9.58. The van der Waals surface area contributed by atoms with Gasteiger partial charge in [0.2, 0.25) is 0 Å². The summed E-state index contributed by atoms with van der Waals surface area (Å²) in [6, 6.07) is 4.09. The van der Waals surface area contributed by atoms with Gasteiger partial charge in [-0.2, -0.15) is 0 Å². The van der Waals surface area contributed by atoms with Gasteiger partial charge in [-0.05, 0) is 11.1 Å². The average molecular weight is 220 g/mol. The fraction of sp³-hybridized carbons (Fsp3) is 0.500. The van der Waals surface area contributed by atoms with Crippen LogP contribution in [0.2, 0.25) is 0 Å². The van der Waals surface area contributed by atoms with E-state index in [0.717, 1.165) is 22.5 Å². The van der Waals surface area contributed by atoms with Crippen LogP contribution in [0.4, 0.5) is 11.4 Å². The molecule has 3 rings (SSSR count). The summed E-state index contributed by atoms with van der Waals surface area (Å²) in [6.45, 7) is 1.21. The molecule has 2 unspecified atom stereocenters. The topological polar surface area (TPSA) is 64.5 Å². The lowest BCUT2D eigenvalue weighted by Crippen LogP contribution is -2.32. The minimum atomic E-state index is -0.292. The number of rotatable bonds is 0. The highest BCUT2D eigenvalue weighted by Gasteiger charge is 2.24. The van der Waals surface area contributed by atoms with Crippen LogP contribution in [0.15, 0.2) is 12.1 Å². The third-order valence-corrected chi connectivity index (χ3v) is 3.32. The van der Waals surface area contributed by atoms with Gasteiger partial charge >= 0.3 is 0 Å². The summed E-state index contributed by atoms with van der Waals surface area (Å²) in [6.07, 6.45) is 0.833. The molecule has 0 spiro atoms. The van der Waals surface area contributed by atoms with Crippen LogP contribution >= 0.6 is 0 Å². The van der Waals surface area contributed by atoms with Crippen molar-refractivity contribution < 1.29 is 10.2 Å². The zero-order chi connectivity index (χ0) is 11.1. The largest absolute Gasteiger partial charge is 0.391 e. The van der Waals surface area contributed by atoms with E-state index < -0.39 is 0 Å². The SMILES string of the molecule is OC1CNc2c(ccc3c2NCC(O)C3)C1. The molecule has 0 fully saturated rings. The first-order valence-electron chi connectivity index (χ1n) is 5.72. The van der Waals surface area contributed by atoms with Crippen molar-refractivity contribution in [2.24, 2.45) is 0 Å². The van der Waals surface area contributed by atoms with Gasteiger partial charge in [0.1, 0.15) is 0 Å². The second-order valence-corrected chi connectivity index (χ2v) is 4.61. The molecule has 16 heavy (non-hydrogen) atoms. The molecule has 0 saturated heterocycles. The van der Waals surface area contributed by atoms with Crippen LogP contribution in [0.25, 0.3) is 0 Å². The third-order valence-electron chi connectivity index (χ3n) is 3.32. The predicted octanol–water partition coefficient (Wildman–Crippen LogP) is 0.344. The Balaban J connectivity index is 2.03. The summed E-state index contributed by atoms with van der Waals surface area (Å²) in [5, 5.41) is 25.7. The fourth-order valence-electron chi connectivity index (χ4n) is 2.52. The molecule has 0 amide bonds. The van der Waals surface area contributed by atoms with E-state index in [9.17, 15) is 10.2 Å². The molecule has 0 radical (unpaired) electrons. The summed E-state index contributed by atoms with van der Waals surface area (Å²) in [5.74, 6) is 0. The zero-order valence-corrected chi connectivity index (χ0v) is 9.03. The Bertz CT molecular complexity index is 381. The van der Waals surface area contributed by atoms with Gasteiger partial charge in [0.25, 0.3) is 0 Å². The quantitative estimate of drug-likeness (QED) is 0.509. The number of hydrogen-bond donors (Lipinski definition) is 4. The standard InChI is InChI=1S/C12H16N2O2/c15-9-3-7-1-2-8-4-10(16)6-14-12(8)11(7)13-5-9/h1-2,9-10,13-16H,3-6H2. The van der Waals surface area contributed by atoms with Gasteiger partial charge in [-0.3, -0.25) is 0 Å². The maximum absolute atomic E-state index is 9.58. The third kappa shape index (κ3) is 1.54. The summed E-state index contributed by atoms with van der Waals surface area (Å²) in [4.78, 5) is 0. The molecule has 2 aliphatic rings. The summed E-state index contributed by atoms with van der Waals surface area (Å²) in [5.41, 5.74) is 4.52. The summed E-state index contributed by atoms with van der Waals surface area (Å²) in [7, 11) is 0. The van der Waals surface area contributed by atoms with Gasteiger partial charge < -0.3 is 20.8 Å². The number of anilines is 2. The first-order valence-corrected chi connectivity index (χ1v) is 5.72. The van der Waals surface area contributed by atoms with E-state index in [-0.39, 0.29) is 12.2 Å². The Hall–Kier alpha value is -1.26. The molecule has 0 saturated carbocycles. The molecule has 0 aromatic heterocycles. The predicted molar refractivity (Wildman–Crippen MR) is 62.8 cm³/mol. The monoisotopic (exact) mass is 220 g/mol.